The van der Waals surface area contributed by atoms with Gasteiger partial charge < -0.3 is 0 Å². The van der Waals surface area contributed by atoms with Gasteiger partial charge >= 0.3 is 0 Å². The molecule has 0 fully saturated rings. The first kappa shape index (κ1) is 20.9. The highest BCUT2D eigenvalue weighted by Gasteiger charge is 2.42. The summed E-state index contributed by atoms with van der Waals surface area (Å²) in [6.07, 6.45) is 17.0. The van der Waals surface area contributed by atoms with Crippen molar-refractivity contribution in [3.63, 3.8) is 0 Å². The molecule has 2 heteroatoms. The predicted molar refractivity (Wildman–Crippen MR) is 127 cm³/mol. The van der Waals surface area contributed by atoms with Crippen molar-refractivity contribution in [3.8, 4) is 16.8 Å². The highest BCUT2D eigenvalue weighted by atomic mass is 15.3. The molecule has 1 heterocycles. The number of aromatic nitrogens is 2. The van der Waals surface area contributed by atoms with Crippen molar-refractivity contribution in [1.82, 2.24) is 9.78 Å². The van der Waals surface area contributed by atoms with Crippen LogP contribution < -0.4 is 0 Å². The van der Waals surface area contributed by atoms with Crippen molar-refractivity contribution in [1.29, 1.82) is 0 Å². The van der Waals surface area contributed by atoms with E-state index >= 15 is 0 Å². The van der Waals surface area contributed by atoms with E-state index in [-0.39, 0.29) is 5.41 Å². The monoisotopic (exact) mass is 400 g/mol. The van der Waals surface area contributed by atoms with Crippen molar-refractivity contribution >= 4 is 0 Å². The van der Waals surface area contributed by atoms with Gasteiger partial charge in [-0.15, -0.1) is 0 Å². The Bertz CT molecular complexity index is 927. The van der Waals surface area contributed by atoms with Gasteiger partial charge in [0.1, 0.15) is 0 Å². The van der Waals surface area contributed by atoms with Crippen LogP contribution in [-0.2, 0) is 5.41 Å². The third-order valence-electron chi connectivity index (χ3n) is 6.93. The fourth-order valence-corrected chi connectivity index (χ4v) is 5.38. The zero-order valence-electron chi connectivity index (χ0n) is 18.7. The van der Waals surface area contributed by atoms with E-state index in [9.17, 15) is 0 Å². The molecule has 0 unspecified atom stereocenters. The van der Waals surface area contributed by atoms with E-state index in [0.717, 1.165) is 0 Å². The molecule has 0 N–H and O–H groups in total. The fourth-order valence-electron chi connectivity index (χ4n) is 5.38. The van der Waals surface area contributed by atoms with Gasteiger partial charge in [0.15, 0.2) is 0 Å². The molecule has 1 aromatic heterocycles. The maximum absolute atomic E-state index is 4.50. The second kappa shape index (κ2) is 9.64. The minimum absolute atomic E-state index is 0.149. The summed E-state index contributed by atoms with van der Waals surface area (Å²) < 4.78 is 2.00. The smallest absolute Gasteiger partial charge is 0.0649 e. The molecular formula is C28H36N2. The van der Waals surface area contributed by atoms with Gasteiger partial charge in [-0.25, -0.2) is 4.68 Å². The van der Waals surface area contributed by atoms with E-state index in [1.807, 2.05) is 23.1 Å². The van der Waals surface area contributed by atoms with Crippen molar-refractivity contribution in [2.24, 2.45) is 0 Å². The molecule has 0 saturated carbocycles. The summed E-state index contributed by atoms with van der Waals surface area (Å²) in [5.74, 6) is 0. The van der Waals surface area contributed by atoms with Gasteiger partial charge in [0.25, 0.3) is 0 Å². The quantitative estimate of drug-likeness (QED) is 0.297. The van der Waals surface area contributed by atoms with Crippen molar-refractivity contribution in [3.05, 3.63) is 72.1 Å². The molecule has 4 rings (SSSR count). The summed E-state index contributed by atoms with van der Waals surface area (Å²) in [6.45, 7) is 4.61. The second-order valence-corrected chi connectivity index (χ2v) is 8.93. The van der Waals surface area contributed by atoms with Crippen LogP contribution in [0.3, 0.4) is 0 Å². The molecular weight excluding hydrogens is 364 g/mol. The molecule has 2 nitrogen and oxygen atoms in total. The third kappa shape index (κ3) is 3.97. The number of nitrogens with zero attached hydrogens (tertiary/aromatic N) is 2. The first-order valence-corrected chi connectivity index (χ1v) is 12.0. The van der Waals surface area contributed by atoms with Gasteiger partial charge in [0, 0.05) is 17.8 Å². The summed E-state index contributed by atoms with van der Waals surface area (Å²) in [6, 6.07) is 18.2. The van der Waals surface area contributed by atoms with Gasteiger partial charge in [-0.05, 0) is 53.3 Å². The van der Waals surface area contributed by atoms with Gasteiger partial charge in [-0.1, -0.05) is 95.5 Å². The summed E-state index contributed by atoms with van der Waals surface area (Å²) >= 11 is 0. The zero-order valence-corrected chi connectivity index (χ0v) is 18.7. The van der Waals surface area contributed by atoms with E-state index in [1.54, 1.807) is 5.56 Å². The maximum atomic E-state index is 4.50. The maximum Gasteiger partial charge on any atom is 0.0649 e. The van der Waals surface area contributed by atoms with E-state index in [0.29, 0.717) is 0 Å². The molecule has 0 aliphatic heterocycles. The molecule has 1 aliphatic rings. The van der Waals surface area contributed by atoms with Crippen LogP contribution in [0.25, 0.3) is 16.8 Å². The number of unbranched alkanes of at least 4 members (excludes halogenated alkanes) is 6. The van der Waals surface area contributed by atoms with Crippen LogP contribution >= 0.6 is 0 Å². The Labute approximate surface area is 182 Å². The summed E-state index contributed by atoms with van der Waals surface area (Å²) in [4.78, 5) is 0. The molecule has 0 spiro atoms. The standard InChI is InChI=1S/C28H36N2/c1-3-5-7-11-18-28(19-12-8-6-4-2)26-15-10-9-14-24(26)25-17-16-23(22-27(25)28)30-21-13-20-29-30/h9-10,13-17,20-22H,3-8,11-12,18-19H2,1-2H3. The van der Waals surface area contributed by atoms with Crippen LogP contribution in [0.4, 0.5) is 0 Å². The van der Waals surface area contributed by atoms with Gasteiger partial charge in [-0.2, -0.15) is 5.10 Å². The Morgan fingerprint density at radius 1 is 0.733 bits per heavy atom. The largest absolute Gasteiger partial charge is 0.241 e. The lowest BCUT2D eigenvalue weighted by Gasteiger charge is -2.33. The summed E-state index contributed by atoms with van der Waals surface area (Å²) in [5, 5.41) is 4.50. The molecule has 0 amide bonds. The average molecular weight is 401 g/mol. The van der Waals surface area contributed by atoms with Crippen molar-refractivity contribution in [2.75, 3.05) is 0 Å². The summed E-state index contributed by atoms with van der Waals surface area (Å²) in [5.41, 5.74) is 7.31. The van der Waals surface area contributed by atoms with E-state index in [4.69, 9.17) is 0 Å². The van der Waals surface area contributed by atoms with Crippen LogP contribution in [0.15, 0.2) is 60.9 Å². The molecule has 3 aromatic rings. The van der Waals surface area contributed by atoms with E-state index in [2.05, 4.69) is 61.4 Å². The molecule has 1 aliphatic carbocycles. The van der Waals surface area contributed by atoms with Gasteiger partial charge in [0.2, 0.25) is 0 Å². The number of fused-ring (bicyclic) bond motifs is 3. The Morgan fingerprint density at radius 3 is 2.10 bits per heavy atom. The highest BCUT2D eigenvalue weighted by molar-refractivity contribution is 5.82. The zero-order chi connectivity index (χ0) is 20.8. The lowest BCUT2D eigenvalue weighted by Crippen LogP contribution is -2.25. The van der Waals surface area contributed by atoms with Crippen LogP contribution in [0.5, 0.6) is 0 Å². The summed E-state index contributed by atoms with van der Waals surface area (Å²) in [7, 11) is 0. The average Bonchev–Trinajstić information content (AvgIpc) is 3.41. The molecule has 0 radical (unpaired) electrons. The van der Waals surface area contributed by atoms with Gasteiger partial charge in [0.05, 0.1) is 5.69 Å². The number of hydrogen-bond donors (Lipinski definition) is 0. The Morgan fingerprint density at radius 2 is 1.43 bits per heavy atom. The minimum Gasteiger partial charge on any atom is -0.241 e. The Balaban J connectivity index is 1.77. The van der Waals surface area contributed by atoms with E-state index in [1.165, 1.54) is 86.6 Å². The SMILES string of the molecule is CCCCCCC1(CCCCCC)c2ccccc2-c2ccc(-n3cccn3)cc21. The minimum atomic E-state index is 0.149. The first-order valence-electron chi connectivity index (χ1n) is 12.0. The molecule has 158 valence electrons. The van der Waals surface area contributed by atoms with Crippen LogP contribution in [-0.4, -0.2) is 9.78 Å². The van der Waals surface area contributed by atoms with Crippen molar-refractivity contribution in [2.45, 2.75) is 83.5 Å². The van der Waals surface area contributed by atoms with Crippen LogP contribution in [0.1, 0.15) is 89.2 Å². The van der Waals surface area contributed by atoms with Crippen molar-refractivity contribution < 1.29 is 0 Å². The van der Waals surface area contributed by atoms with Crippen LogP contribution in [0, 0.1) is 0 Å². The van der Waals surface area contributed by atoms with Crippen LogP contribution in [0.2, 0.25) is 0 Å². The van der Waals surface area contributed by atoms with Gasteiger partial charge in [-0.3, -0.25) is 0 Å². The Kier molecular flexibility index (Phi) is 6.72. The molecule has 0 bridgehead atoms. The highest BCUT2D eigenvalue weighted by Crippen LogP contribution is 2.54. The Hall–Kier alpha value is -2.35. The first-order chi connectivity index (χ1) is 14.8. The molecule has 30 heavy (non-hydrogen) atoms. The predicted octanol–water partition coefficient (Wildman–Crippen LogP) is 8.08. The topological polar surface area (TPSA) is 17.8 Å². The fraction of sp³-hybridized carbons (Fsp3) is 0.464. The molecule has 0 atom stereocenters. The number of hydrogen-bond acceptors (Lipinski definition) is 1. The van der Waals surface area contributed by atoms with E-state index < -0.39 is 0 Å². The normalized spacial score (nSPS) is 13.9. The number of benzene rings is 2. The third-order valence-corrected chi connectivity index (χ3v) is 6.93. The second-order valence-electron chi connectivity index (χ2n) is 8.93. The lowest BCUT2D eigenvalue weighted by molar-refractivity contribution is 0.401. The lowest BCUT2D eigenvalue weighted by atomic mass is 9.70. The molecule has 0 saturated heterocycles. The number of rotatable bonds is 11. The molecule has 2 aromatic carbocycles.